The van der Waals surface area contributed by atoms with E-state index < -0.39 is 12.0 Å². The van der Waals surface area contributed by atoms with Crippen molar-refractivity contribution in [1.82, 2.24) is 5.32 Å². The van der Waals surface area contributed by atoms with Gasteiger partial charge in [-0.15, -0.1) is 0 Å². The maximum Gasteiger partial charge on any atom is 0.321 e. The number of carboxylic acids is 1. The fourth-order valence-electron chi connectivity index (χ4n) is 1.69. The Labute approximate surface area is 118 Å². The number of carbonyl (C=O) groups is 2. The number of benzene rings is 1. The molecule has 3 N–H and O–H groups in total. The normalized spacial score (nSPS) is 11.7. The van der Waals surface area contributed by atoms with Gasteiger partial charge in [0.2, 0.25) is 5.91 Å². The highest BCUT2D eigenvalue weighted by Gasteiger charge is 2.19. The lowest BCUT2D eigenvalue weighted by Gasteiger charge is -2.13. The molecule has 1 aromatic rings. The number of likely N-dealkylation sites (N-methyl/N-ethyl adjacent to an activating group) is 1. The Morgan fingerprint density at radius 1 is 1.25 bits per heavy atom. The highest BCUT2D eigenvalue weighted by atomic mass is 16.5. The van der Waals surface area contributed by atoms with Gasteiger partial charge in [-0.2, -0.15) is 0 Å². The molecule has 0 radical (unpaired) electrons. The first kappa shape index (κ1) is 16.0. The number of hydrogen-bond donors (Lipinski definition) is 3. The molecule has 1 amide bonds. The van der Waals surface area contributed by atoms with Gasteiger partial charge >= 0.3 is 5.97 Å². The quantitative estimate of drug-likeness (QED) is 0.671. The van der Waals surface area contributed by atoms with E-state index in [2.05, 4.69) is 10.6 Å². The van der Waals surface area contributed by atoms with Crippen LogP contribution in [0.15, 0.2) is 24.3 Å². The Hall–Kier alpha value is -2.08. The van der Waals surface area contributed by atoms with Gasteiger partial charge < -0.3 is 20.5 Å². The second kappa shape index (κ2) is 8.16. The smallest absolute Gasteiger partial charge is 0.321 e. The van der Waals surface area contributed by atoms with Gasteiger partial charge in [0, 0.05) is 5.69 Å². The third-order valence-electron chi connectivity index (χ3n) is 2.59. The lowest BCUT2D eigenvalue weighted by atomic mass is 10.2. The number of anilines is 1. The maximum absolute atomic E-state index is 11.8. The van der Waals surface area contributed by atoms with Gasteiger partial charge in [-0.25, -0.2) is 0 Å². The minimum atomic E-state index is -1.03. The molecule has 0 aliphatic carbocycles. The third kappa shape index (κ3) is 5.27. The summed E-state index contributed by atoms with van der Waals surface area (Å²) in [6, 6.07) is 6.05. The number of rotatable bonds is 8. The van der Waals surface area contributed by atoms with Crippen LogP contribution in [0.1, 0.15) is 20.3 Å². The zero-order valence-electron chi connectivity index (χ0n) is 11.7. The first-order valence-electron chi connectivity index (χ1n) is 6.55. The van der Waals surface area contributed by atoms with Crippen LogP contribution < -0.4 is 15.4 Å². The Kier molecular flexibility index (Phi) is 6.52. The van der Waals surface area contributed by atoms with Gasteiger partial charge in [0.1, 0.15) is 11.8 Å². The number of aliphatic carboxylic acids is 1. The number of amides is 1. The van der Waals surface area contributed by atoms with Gasteiger partial charge in [0.25, 0.3) is 0 Å². The molecule has 6 nitrogen and oxygen atoms in total. The molecular formula is C14H20N2O4. The SMILES string of the molecule is CCNC(CC(=O)Nc1ccc(OCC)cc1)C(=O)O. The second-order valence-corrected chi connectivity index (χ2v) is 4.16. The topological polar surface area (TPSA) is 87.7 Å². The first-order chi connectivity index (χ1) is 9.56. The summed E-state index contributed by atoms with van der Waals surface area (Å²) in [7, 11) is 0. The van der Waals surface area contributed by atoms with Crippen LogP contribution in [-0.4, -0.2) is 36.2 Å². The summed E-state index contributed by atoms with van der Waals surface area (Å²) in [5.41, 5.74) is 0.610. The average Bonchev–Trinajstić information content (AvgIpc) is 2.40. The molecule has 1 atom stereocenters. The summed E-state index contributed by atoms with van der Waals surface area (Å²) in [6.07, 6.45) is -0.115. The summed E-state index contributed by atoms with van der Waals surface area (Å²) in [4.78, 5) is 22.7. The van der Waals surface area contributed by atoms with E-state index in [4.69, 9.17) is 9.84 Å². The van der Waals surface area contributed by atoms with E-state index >= 15 is 0 Å². The number of nitrogens with one attached hydrogen (secondary N) is 2. The lowest BCUT2D eigenvalue weighted by Crippen LogP contribution is -2.39. The molecule has 0 aromatic heterocycles. The van der Waals surface area contributed by atoms with Crippen LogP contribution in [-0.2, 0) is 9.59 Å². The Morgan fingerprint density at radius 2 is 1.90 bits per heavy atom. The van der Waals surface area contributed by atoms with Crippen molar-refractivity contribution in [2.45, 2.75) is 26.3 Å². The minimum Gasteiger partial charge on any atom is -0.494 e. The number of carboxylic acid groups (broad SMARTS) is 1. The zero-order valence-corrected chi connectivity index (χ0v) is 11.7. The van der Waals surface area contributed by atoms with E-state index in [1.54, 1.807) is 31.2 Å². The molecule has 0 saturated carbocycles. The molecule has 6 heteroatoms. The van der Waals surface area contributed by atoms with Crippen molar-refractivity contribution < 1.29 is 19.4 Å². The molecule has 1 aromatic carbocycles. The van der Waals surface area contributed by atoms with E-state index in [-0.39, 0.29) is 12.3 Å². The fraction of sp³-hybridized carbons (Fsp3) is 0.429. The van der Waals surface area contributed by atoms with Gasteiger partial charge in [-0.05, 0) is 37.7 Å². The van der Waals surface area contributed by atoms with Crippen LogP contribution in [0.2, 0.25) is 0 Å². The van der Waals surface area contributed by atoms with Gasteiger partial charge in [0.15, 0.2) is 0 Å². The molecule has 1 rings (SSSR count). The van der Waals surface area contributed by atoms with Crippen LogP contribution >= 0.6 is 0 Å². The molecule has 110 valence electrons. The van der Waals surface area contributed by atoms with Crippen molar-refractivity contribution >= 4 is 17.6 Å². The molecule has 0 bridgehead atoms. The first-order valence-corrected chi connectivity index (χ1v) is 6.55. The molecular weight excluding hydrogens is 260 g/mol. The van der Waals surface area contributed by atoms with E-state index in [1.807, 2.05) is 6.92 Å². The Bertz CT molecular complexity index is 445. The van der Waals surface area contributed by atoms with Crippen LogP contribution in [0.5, 0.6) is 5.75 Å². The Morgan fingerprint density at radius 3 is 2.40 bits per heavy atom. The highest BCUT2D eigenvalue weighted by Crippen LogP contribution is 2.15. The van der Waals surface area contributed by atoms with Crippen molar-refractivity contribution in [1.29, 1.82) is 0 Å². The molecule has 0 fully saturated rings. The maximum atomic E-state index is 11.8. The number of ether oxygens (including phenoxy) is 1. The largest absolute Gasteiger partial charge is 0.494 e. The minimum absolute atomic E-state index is 0.115. The predicted octanol–water partition coefficient (Wildman–Crippen LogP) is 1.48. The van der Waals surface area contributed by atoms with E-state index in [1.165, 1.54) is 0 Å². The van der Waals surface area contributed by atoms with E-state index in [0.29, 0.717) is 18.8 Å². The Balaban J connectivity index is 2.54. The fourth-order valence-corrected chi connectivity index (χ4v) is 1.69. The van der Waals surface area contributed by atoms with Crippen molar-refractivity contribution in [2.75, 3.05) is 18.5 Å². The molecule has 0 aliphatic rings. The standard InChI is InChI=1S/C14H20N2O4/c1-3-15-12(14(18)19)9-13(17)16-10-5-7-11(8-6-10)20-4-2/h5-8,12,15H,3-4,9H2,1-2H3,(H,16,17)(H,18,19). The summed E-state index contributed by atoms with van der Waals surface area (Å²) in [6.45, 7) is 4.75. The van der Waals surface area contributed by atoms with E-state index in [0.717, 1.165) is 5.75 Å². The average molecular weight is 280 g/mol. The van der Waals surface area contributed by atoms with Crippen LogP contribution in [0.25, 0.3) is 0 Å². The van der Waals surface area contributed by atoms with Crippen molar-refractivity contribution in [3.05, 3.63) is 24.3 Å². The summed E-state index contributed by atoms with van der Waals surface area (Å²) in [5, 5.41) is 14.4. The van der Waals surface area contributed by atoms with Gasteiger partial charge in [-0.1, -0.05) is 6.92 Å². The van der Waals surface area contributed by atoms with Crippen molar-refractivity contribution in [3.8, 4) is 5.75 Å². The van der Waals surface area contributed by atoms with Crippen molar-refractivity contribution in [3.63, 3.8) is 0 Å². The summed E-state index contributed by atoms with van der Waals surface area (Å²) >= 11 is 0. The summed E-state index contributed by atoms with van der Waals surface area (Å²) < 4.78 is 5.29. The molecule has 0 saturated heterocycles. The van der Waals surface area contributed by atoms with Gasteiger partial charge in [0.05, 0.1) is 13.0 Å². The second-order valence-electron chi connectivity index (χ2n) is 4.16. The van der Waals surface area contributed by atoms with Crippen molar-refractivity contribution in [2.24, 2.45) is 0 Å². The summed E-state index contributed by atoms with van der Waals surface area (Å²) in [5.74, 6) is -0.655. The van der Waals surface area contributed by atoms with Crippen LogP contribution in [0.4, 0.5) is 5.69 Å². The molecule has 1 unspecified atom stereocenters. The van der Waals surface area contributed by atoms with Crippen LogP contribution in [0.3, 0.4) is 0 Å². The third-order valence-corrected chi connectivity index (χ3v) is 2.59. The monoisotopic (exact) mass is 280 g/mol. The predicted molar refractivity (Wildman–Crippen MR) is 76.0 cm³/mol. The van der Waals surface area contributed by atoms with Gasteiger partial charge in [-0.3, -0.25) is 9.59 Å². The highest BCUT2D eigenvalue weighted by molar-refractivity contribution is 5.94. The molecule has 0 heterocycles. The molecule has 0 aliphatic heterocycles. The molecule has 20 heavy (non-hydrogen) atoms. The zero-order chi connectivity index (χ0) is 15.0. The lowest BCUT2D eigenvalue weighted by molar-refractivity contribution is -0.141. The number of hydrogen-bond acceptors (Lipinski definition) is 4. The van der Waals surface area contributed by atoms with E-state index in [9.17, 15) is 9.59 Å². The number of carbonyl (C=O) groups excluding carboxylic acids is 1. The molecule has 0 spiro atoms. The van der Waals surface area contributed by atoms with Crippen LogP contribution in [0, 0.1) is 0 Å².